The van der Waals surface area contributed by atoms with Crippen molar-refractivity contribution in [3.8, 4) is 0 Å². The van der Waals surface area contributed by atoms with Gasteiger partial charge in [0, 0.05) is 18.5 Å². The highest BCUT2D eigenvalue weighted by atomic mass is 16.3. The van der Waals surface area contributed by atoms with Crippen LogP contribution in [0.25, 0.3) is 0 Å². The van der Waals surface area contributed by atoms with Crippen LogP contribution in [0.1, 0.15) is 103 Å². The van der Waals surface area contributed by atoms with Crippen LogP contribution in [-0.2, 0) is 11.8 Å². The summed E-state index contributed by atoms with van der Waals surface area (Å²) in [5.41, 5.74) is 13.3. The van der Waals surface area contributed by atoms with Crippen LogP contribution in [0.2, 0.25) is 0 Å². The number of benzene rings is 1. The highest BCUT2D eigenvalue weighted by Crippen LogP contribution is 2.38. The fourth-order valence-electron chi connectivity index (χ4n) is 5.65. The molecule has 1 amide bonds. The Kier molecular flexibility index (Phi) is 17.0. The molecule has 0 saturated carbocycles. The number of likely N-dealkylation sites (tertiary alicyclic amines) is 1. The number of hydrogen-bond donors (Lipinski definition) is 6. The molecule has 0 bridgehead atoms. The van der Waals surface area contributed by atoms with E-state index in [4.69, 9.17) is 5.73 Å². The first-order chi connectivity index (χ1) is 19.1. The Morgan fingerprint density at radius 3 is 2.42 bits per heavy atom. The number of amidine groups is 1. The van der Waals surface area contributed by atoms with E-state index in [-0.39, 0.29) is 23.4 Å². The number of allylic oxidation sites excluding steroid dienone is 1. The molecule has 0 radical (unpaired) electrons. The van der Waals surface area contributed by atoms with Crippen molar-refractivity contribution >= 4 is 11.7 Å². The van der Waals surface area contributed by atoms with Gasteiger partial charge in [-0.25, -0.2) is 0 Å². The predicted molar refractivity (Wildman–Crippen MR) is 171 cm³/mol. The van der Waals surface area contributed by atoms with Gasteiger partial charge in [0.1, 0.15) is 6.04 Å². The quantitative estimate of drug-likeness (QED) is 0.214. The maximum absolute atomic E-state index is 13.4. The predicted octanol–water partition coefficient (Wildman–Crippen LogP) is 2.43. The van der Waals surface area contributed by atoms with E-state index in [0.717, 1.165) is 30.4 Å². The molecule has 4 atom stereocenters. The van der Waals surface area contributed by atoms with Crippen molar-refractivity contribution in [1.82, 2.24) is 15.5 Å². The van der Waals surface area contributed by atoms with Gasteiger partial charge in [-0.05, 0) is 76.0 Å². The average molecular weight is 562 g/mol. The Morgan fingerprint density at radius 1 is 1.23 bits per heavy atom. The first-order valence-corrected chi connectivity index (χ1v) is 15.2. The van der Waals surface area contributed by atoms with Crippen molar-refractivity contribution in [2.24, 2.45) is 11.5 Å². The van der Waals surface area contributed by atoms with Gasteiger partial charge < -0.3 is 21.5 Å². The third-order valence-corrected chi connectivity index (χ3v) is 8.02. The fourth-order valence-corrected chi connectivity index (χ4v) is 5.65. The number of nitrogens with one attached hydrogen (secondary N) is 3. The SMILES string of the molecule is C/C=C\NCC([NH+]=C(N)CC)[C@@]1(C)[C@H](O)C(NC(=O)c2cccc3c2CCCC3(C)C)CN1C.CC.CC.CN. The minimum Gasteiger partial charge on any atom is -0.389 e. The van der Waals surface area contributed by atoms with Crippen LogP contribution in [0, 0.1) is 0 Å². The molecule has 0 aromatic heterocycles. The van der Waals surface area contributed by atoms with Gasteiger partial charge in [-0.1, -0.05) is 66.7 Å². The molecule has 1 aromatic carbocycles. The zero-order valence-corrected chi connectivity index (χ0v) is 27.3. The van der Waals surface area contributed by atoms with E-state index < -0.39 is 11.6 Å². The lowest BCUT2D eigenvalue weighted by molar-refractivity contribution is -0.522. The molecule has 2 aliphatic rings. The zero-order chi connectivity index (χ0) is 31.1. The number of fused-ring (bicyclic) bond motifs is 1. The Morgan fingerprint density at radius 2 is 1.85 bits per heavy atom. The van der Waals surface area contributed by atoms with Crippen LogP contribution in [0.5, 0.6) is 0 Å². The van der Waals surface area contributed by atoms with Gasteiger partial charge in [0.15, 0.2) is 0 Å². The maximum Gasteiger partial charge on any atom is 0.251 e. The number of carbonyl (C=O) groups is 1. The van der Waals surface area contributed by atoms with Crippen molar-refractivity contribution in [1.29, 1.82) is 0 Å². The Hall–Kier alpha value is -2.42. The summed E-state index contributed by atoms with van der Waals surface area (Å²) >= 11 is 0. The summed E-state index contributed by atoms with van der Waals surface area (Å²) in [4.78, 5) is 19.0. The molecule has 8 nitrogen and oxygen atoms in total. The summed E-state index contributed by atoms with van der Waals surface area (Å²) in [5, 5.41) is 18.0. The Labute approximate surface area is 245 Å². The summed E-state index contributed by atoms with van der Waals surface area (Å²) in [6, 6.07) is 5.52. The van der Waals surface area contributed by atoms with E-state index in [9.17, 15) is 9.90 Å². The van der Waals surface area contributed by atoms with Crippen LogP contribution in [0.3, 0.4) is 0 Å². The minimum atomic E-state index is -0.771. The van der Waals surface area contributed by atoms with E-state index in [1.807, 2.05) is 79.9 Å². The molecule has 2 unspecified atom stereocenters. The topological polar surface area (TPSA) is 131 Å². The normalized spacial score (nSPS) is 24.3. The van der Waals surface area contributed by atoms with Gasteiger partial charge in [0.05, 0.1) is 24.2 Å². The summed E-state index contributed by atoms with van der Waals surface area (Å²) < 4.78 is 0. The van der Waals surface area contributed by atoms with Crippen LogP contribution in [0.15, 0.2) is 30.5 Å². The smallest absolute Gasteiger partial charge is 0.251 e. The molecule has 1 saturated heterocycles. The molecule has 0 spiro atoms. The highest BCUT2D eigenvalue weighted by molar-refractivity contribution is 5.96. The summed E-state index contributed by atoms with van der Waals surface area (Å²) in [7, 11) is 3.49. The van der Waals surface area contributed by atoms with Gasteiger partial charge in [-0.2, -0.15) is 0 Å². The van der Waals surface area contributed by atoms with Crippen LogP contribution in [-0.4, -0.2) is 72.7 Å². The number of aliphatic hydroxyl groups excluding tert-OH is 1. The first-order valence-electron chi connectivity index (χ1n) is 15.2. The number of carbonyl (C=O) groups excluding carboxylic acids is 1. The molecule has 1 heterocycles. The molecule has 8 heteroatoms. The minimum absolute atomic E-state index is 0.0735. The summed E-state index contributed by atoms with van der Waals surface area (Å²) in [6.07, 6.45) is 6.88. The molecular weight excluding hydrogens is 500 g/mol. The largest absolute Gasteiger partial charge is 0.389 e. The molecule has 40 heavy (non-hydrogen) atoms. The third kappa shape index (κ3) is 8.79. The maximum atomic E-state index is 13.4. The molecule has 1 aromatic rings. The van der Waals surface area contributed by atoms with Crippen LogP contribution < -0.4 is 27.1 Å². The van der Waals surface area contributed by atoms with Gasteiger partial charge >= 0.3 is 0 Å². The molecular formula is C32H61N6O2+. The van der Waals surface area contributed by atoms with E-state index in [0.29, 0.717) is 25.3 Å². The average Bonchev–Trinajstić information content (AvgIpc) is 3.19. The van der Waals surface area contributed by atoms with Gasteiger partial charge in [0.2, 0.25) is 5.84 Å². The Balaban J connectivity index is 0.00000237. The lowest BCUT2D eigenvalue weighted by Crippen LogP contribution is -2.90. The van der Waals surface area contributed by atoms with Crippen molar-refractivity contribution in [3.05, 3.63) is 47.2 Å². The lowest BCUT2D eigenvalue weighted by Gasteiger charge is -2.39. The van der Waals surface area contributed by atoms with E-state index in [1.165, 1.54) is 12.6 Å². The number of amides is 1. The molecule has 3 rings (SSSR count). The highest BCUT2D eigenvalue weighted by Gasteiger charge is 2.54. The monoisotopic (exact) mass is 561 g/mol. The second-order valence-corrected chi connectivity index (χ2v) is 10.7. The molecule has 230 valence electrons. The van der Waals surface area contributed by atoms with Crippen molar-refractivity contribution in [3.63, 3.8) is 0 Å². The Bertz CT molecular complexity index is 945. The second kappa shape index (κ2) is 18.1. The van der Waals surface area contributed by atoms with Crippen molar-refractivity contribution in [2.45, 2.75) is 117 Å². The standard InChI is InChI=1S/C27H43N5O2.2C2H6.CH5N/c1-7-15-29-16-22(31-23(28)8-2)27(5)24(33)21(17-32(27)6)30-25(34)19-11-9-13-20-18(19)12-10-14-26(20,3)4;3*1-2/h7,9,11,13,15,21-22,24,29,33H,8,10,12,14,16-17H2,1-6H3,(H2,28,31)(H,30,34);2*1-2H3;2H2,1H3/p+1/b15-7-;;;/t21?,22?,24-,27+;;;/m1.../s1. The second-order valence-electron chi connectivity index (χ2n) is 10.7. The third-order valence-electron chi connectivity index (χ3n) is 8.02. The molecule has 1 aliphatic carbocycles. The van der Waals surface area contributed by atoms with Gasteiger partial charge in [-0.3, -0.25) is 20.4 Å². The zero-order valence-electron chi connectivity index (χ0n) is 27.3. The number of nitrogens with zero attached hydrogens (tertiary/aromatic N) is 1. The first kappa shape index (κ1) is 37.6. The number of likely N-dealkylation sites (N-methyl/N-ethyl adjacent to an activating group) is 1. The van der Waals surface area contributed by atoms with Gasteiger partial charge in [-0.15, -0.1) is 0 Å². The van der Waals surface area contributed by atoms with E-state index >= 15 is 0 Å². The number of rotatable bonds is 8. The molecule has 1 aliphatic heterocycles. The molecule has 8 N–H and O–H groups in total. The molecule has 1 fully saturated rings. The van der Waals surface area contributed by atoms with Gasteiger partial charge in [0.25, 0.3) is 5.91 Å². The van der Waals surface area contributed by atoms with E-state index in [2.05, 4.69) is 46.2 Å². The number of hydrogen-bond acceptors (Lipinski definition) is 5. The van der Waals surface area contributed by atoms with Crippen LogP contribution in [0.4, 0.5) is 0 Å². The summed E-state index contributed by atoms with van der Waals surface area (Å²) in [6.45, 7) is 19.6. The lowest BCUT2D eigenvalue weighted by atomic mass is 9.71. The number of aliphatic hydroxyl groups is 1. The van der Waals surface area contributed by atoms with Crippen molar-refractivity contribution < 1.29 is 14.9 Å². The van der Waals surface area contributed by atoms with Crippen molar-refractivity contribution in [2.75, 3.05) is 27.2 Å². The fraction of sp³-hybridized carbons (Fsp3) is 0.688. The summed E-state index contributed by atoms with van der Waals surface area (Å²) in [5.74, 6) is 0.576. The number of nitrogens with two attached hydrogens (primary N) is 2. The van der Waals surface area contributed by atoms with Crippen LogP contribution >= 0.6 is 0 Å². The van der Waals surface area contributed by atoms with E-state index in [1.54, 1.807) is 0 Å².